The van der Waals surface area contributed by atoms with Crippen molar-refractivity contribution in [1.82, 2.24) is 9.21 Å². The van der Waals surface area contributed by atoms with Crippen molar-refractivity contribution in [1.29, 1.82) is 0 Å². The number of aliphatic hydroxyl groups excluding tert-OH is 1. The summed E-state index contributed by atoms with van der Waals surface area (Å²) in [6, 6.07) is 7.00. The summed E-state index contributed by atoms with van der Waals surface area (Å²) in [6.45, 7) is 2.68. The molecule has 2 heterocycles. The smallest absolute Gasteiger partial charge is 0.243 e. The van der Waals surface area contributed by atoms with E-state index in [-0.39, 0.29) is 11.0 Å². The van der Waals surface area contributed by atoms with E-state index < -0.39 is 10.0 Å². The topological polar surface area (TPSA) is 70.1 Å². The number of piperidine rings is 1. The second-order valence-corrected chi connectivity index (χ2v) is 8.19. The number of hydrogen-bond donors (Lipinski definition) is 1. The number of hydrogen-bond acceptors (Lipinski definition) is 5. The molecule has 6 nitrogen and oxygen atoms in total. The zero-order chi connectivity index (χ0) is 16.4. The standard InChI is InChI=1S/C16H24N2O4S/c1-22-15-3-2-4-16(11-15)23(20,21)18-9-5-13(6-10-18)17-8-7-14(19)12-17/h2-4,11,13-14,19H,5-10,12H2,1H3/t14-/m0/s1. The first-order valence-corrected chi connectivity index (χ1v) is 9.51. The Kier molecular flexibility index (Phi) is 4.91. The lowest BCUT2D eigenvalue weighted by Gasteiger charge is -2.36. The van der Waals surface area contributed by atoms with Crippen molar-refractivity contribution >= 4 is 10.0 Å². The van der Waals surface area contributed by atoms with Crippen LogP contribution in [-0.2, 0) is 10.0 Å². The van der Waals surface area contributed by atoms with Crippen LogP contribution in [0.25, 0.3) is 0 Å². The maximum Gasteiger partial charge on any atom is 0.243 e. The molecule has 1 atom stereocenters. The average molecular weight is 340 g/mol. The van der Waals surface area contributed by atoms with E-state index in [9.17, 15) is 13.5 Å². The van der Waals surface area contributed by atoms with Gasteiger partial charge >= 0.3 is 0 Å². The lowest BCUT2D eigenvalue weighted by molar-refractivity contribution is 0.132. The van der Waals surface area contributed by atoms with Crippen LogP contribution in [0.4, 0.5) is 0 Å². The number of rotatable bonds is 4. The summed E-state index contributed by atoms with van der Waals surface area (Å²) in [6.07, 6.45) is 2.22. The maximum atomic E-state index is 12.8. The summed E-state index contributed by atoms with van der Waals surface area (Å²) in [5.41, 5.74) is 0. The van der Waals surface area contributed by atoms with E-state index in [1.807, 2.05) is 0 Å². The molecule has 128 valence electrons. The van der Waals surface area contributed by atoms with Crippen molar-refractivity contribution in [2.45, 2.75) is 36.3 Å². The van der Waals surface area contributed by atoms with Crippen LogP contribution in [0.5, 0.6) is 5.75 Å². The fraction of sp³-hybridized carbons (Fsp3) is 0.625. The summed E-state index contributed by atoms with van der Waals surface area (Å²) < 4.78 is 32.2. The molecule has 0 saturated carbocycles. The Balaban J connectivity index is 1.66. The fourth-order valence-electron chi connectivity index (χ4n) is 3.46. The van der Waals surface area contributed by atoms with Crippen molar-refractivity contribution in [3.8, 4) is 5.75 Å². The van der Waals surface area contributed by atoms with Crippen molar-refractivity contribution in [3.05, 3.63) is 24.3 Å². The average Bonchev–Trinajstić information content (AvgIpc) is 3.01. The van der Waals surface area contributed by atoms with Gasteiger partial charge < -0.3 is 9.84 Å². The molecule has 0 radical (unpaired) electrons. The van der Waals surface area contributed by atoms with Crippen LogP contribution >= 0.6 is 0 Å². The van der Waals surface area contributed by atoms with Gasteiger partial charge in [0, 0.05) is 38.3 Å². The van der Waals surface area contributed by atoms with Gasteiger partial charge in [-0.1, -0.05) is 6.07 Å². The summed E-state index contributed by atoms with van der Waals surface area (Å²) in [5.74, 6) is 0.548. The van der Waals surface area contributed by atoms with E-state index in [1.165, 1.54) is 7.11 Å². The molecule has 0 aliphatic carbocycles. The minimum atomic E-state index is -3.47. The molecule has 1 N–H and O–H groups in total. The Morgan fingerprint density at radius 2 is 1.91 bits per heavy atom. The van der Waals surface area contributed by atoms with Crippen molar-refractivity contribution in [3.63, 3.8) is 0 Å². The number of β-amino-alcohol motifs (C(OH)–C–C–N with tert-alkyl or cyclic N) is 1. The highest BCUT2D eigenvalue weighted by Crippen LogP contribution is 2.26. The van der Waals surface area contributed by atoms with Crippen molar-refractivity contribution in [2.75, 3.05) is 33.3 Å². The molecule has 1 aromatic carbocycles. The molecule has 0 bridgehead atoms. The highest BCUT2D eigenvalue weighted by atomic mass is 32.2. The SMILES string of the molecule is COc1cccc(S(=O)(=O)N2CCC(N3CC[C@H](O)C3)CC2)c1. The summed E-state index contributed by atoms with van der Waals surface area (Å²) in [5, 5.41) is 9.65. The number of ether oxygens (including phenoxy) is 1. The minimum absolute atomic E-state index is 0.228. The van der Waals surface area contributed by atoms with Crippen molar-refractivity contribution in [2.24, 2.45) is 0 Å². The number of aliphatic hydroxyl groups is 1. The van der Waals surface area contributed by atoms with Gasteiger partial charge in [-0.2, -0.15) is 4.31 Å². The predicted molar refractivity (Wildman–Crippen MR) is 87.0 cm³/mol. The zero-order valence-electron chi connectivity index (χ0n) is 13.4. The van der Waals surface area contributed by atoms with Gasteiger partial charge in [-0.3, -0.25) is 4.90 Å². The van der Waals surface area contributed by atoms with E-state index >= 15 is 0 Å². The maximum absolute atomic E-state index is 12.8. The minimum Gasteiger partial charge on any atom is -0.497 e. The van der Waals surface area contributed by atoms with E-state index in [0.717, 1.165) is 25.8 Å². The number of nitrogens with zero attached hydrogens (tertiary/aromatic N) is 2. The Bertz CT molecular complexity index is 641. The molecule has 3 rings (SSSR count). The zero-order valence-corrected chi connectivity index (χ0v) is 14.2. The fourth-order valence-corrected chi connectivity index (χ4v) is 4.96. The Morgan fingerprint density at radius 3 is 2.52 bits per heavy atom. The molecule has 2 aliphatic heterocycles. The summed E-state index contributed by atoms with van der Waals surface area (Å²) in [4.78, 5) is 2.58. The van der Waals surface area contributed by atoms with Crippen LogP contribution < -0.4 is 4.74 Å². The molecule has 2 aliphatic rings. The van der Waals surface area contributed by atoms with Crippen molar-refractivity contribution < 1.29 is 18.3 Å². The molecule has 1 aromatic rings. The molecule has 0 unspecified atom stereocenters. The number of benzene rings is 1. The Morgan fingerprint density at radius 1 is 1.17 bits per heavy atom. The van der Waals surface area contributed by atoms with E-state index in [2.05, 4.69) is 4.90 Å². The molecular formula is C16H24N2O4S. The number of likely N-dealkylation sites (tertiary alicyclic amines) is 1. The largest absolute Gasteiger partial charge is 0.497 e. The molecule has 0 spiro atoms. The van der Waals surface area contributed by atoms with Crippen LogP contribution in [0.1, 0.15) is 19.3 Å². The highest BCUT2D eigenvalue weighted by molar-refractivity contribution is 7.89. The van der Waals surface area contributed by atoms with Gasteiger partial charge in [0.15, 0.2) is 0 Å². The normalized spacial score (nSPS) is 24.9. The third-order valence-electron chi connectivity index (χ3n) is 4.81. The van der Waals surface area contributed by atoms with Crippen LogP contribution in [0.15, 0.2) is 29.2 Å². The lowest BCUT2D eigenvalue weighted by Crippen LogP contribution is -2.46. The Labute approximate surface area is 137 Å². The number of sulfonamides is 1. The molecule has 2 fully saturated rings. The first-order valence-electron chi connectivity index (χ1n) is 8.07. The molecule has 0 aromatic heterocycles. The van der Waals surface area contributed by atoms with Gasteiger partial charge in [-0.25, -0.2) is 8.42 Å². The van der Waals surface area contributed by atoms with Crippen LogP contribution in [-0.4, -0.2) is 68.2 Å². The summed E-state index contributed by atoms with van der Waals surface area (Å²) >= 11 is 0. The van der Waals surface area contributed by atoms with Crippen LogP contribution in [0, 0.1) is 0 Å². The predicted octanol–water partition coefficient (Wildman–Crippen LogP) is 0.915. The van der Waals surface area contributed by atoms with Gasteiger partial charge in [-0.15, -0.1) is 0 Å². The quantitative estimate of drug-likeness (QED) is 0.882. The van der Waals surface area contributed by atoms with E-state index in [0.29, 0.717) is 31.4 Å². The summed E-state index contributed by atoms with van der Waals surface area (Å²) in [7, 11) is -1.94. The third kappa shape index (κ3) is 3.52. The Hall–Kier alpha value is -1.15. The molecule has 0 amide bonds. The van der Waals surface area contributed by atoms with Gasteiger partial charge in [-0.05, 0) is 31.4 Å². The van der Waals surface area contributed by atoms with Gasteiger partial charge in [0.05, 0.1) is 18.1 Å². The first kappa shape index (κ1) is 16.7. The van der Waals surface area contributed by atoms with Gasteiger partial charge in [0.2, 0.25) is 10.0 Å². The molecule has 7 heteroatoms. The van der Waals surface area contributed by atoms with Crippen LogP contribution in [0.3, 0.4) is 0 Å². The van der Waals surface area contributed by atoms with E-state index in [4.69, 9.17) is 4.74 Å². The third-order valence-corrected chi connectivity index (χ3v) is 6.71. The second-order valence-electron chi connectivity index (χ2n) is 6.25. The first-order chi connectivity index (χ1) is 11.0. The number of methoxy groups -OCH3 is 1. The molecular weight excluding hydrogens is 316 g/mol. The second kappa shape index (κ2) is 6.76. The van der Waals surface area contributed by atoms with Gasteiger partial charge in [0.25, 0.3) is 0 Å². The molecule has 23 heavy (non-hydrogen) atoms. The monoisotopic (exact) mass is 340 g/mol. The van der Waals surface area contributed by atoms with Crippen LogP contribution in [0.2, 0.25) is 0 Å². The van der Waals surface area contributed by atoms with Gasteiger partial charge in [0.1, 0.15) is 5.75 Å². The van der Waals surface area contributed by atoms with E-state index in [1.54, 1.807) is 28.6 Å². The lowest BCUT2D eigenvalue weighted by atomic mass is 10.1. The highest BCUT2D eigenvalue weighted by Gasteiger charge is 2.34. The molecule has 2 saturated heterocycles.